The van der Waals surface area contributed by atoms with Crippen LogP contribution in [-0.2, 0) is 4.79 Å². The predicted molar refractivity (Wildman–Crippen MR) is 133 cm³/mol. The van der Waals surface area contributed by atoms with Crippen molar-refractivity contribution in [2.75, 3.05) is 49.1 Å². The Balaban J connectivity index is 1.19. The molecule has 5 rings (SSSR count). The summed E-state index contributed by atoms with van der Waals surface area (Å²) in [5, 5.41) is 9.58. The number of piperazine rings is 1. The molecule has 2 aliphatic rings. The maximum Gasteiger partial charge on any atom is 0.227 e. The SMILES string of the molecule is O=C(C1CCCN(c2ccc(-c3ccc(Cl)cc3)nn2)C1)N1CCN(c2ccccc2)CC1. The van der Waals surface area contributed by atoms with Gasteiger partial charge >= 0.3 is 0 Å². The molecule has 2 fully saturated rings. The summed E-state index contributed by atoms with van der Waals surface area (Å²) in [7, 11) is 0. The second kappa shape index (κ2) is 9.79. The lowest BCUT2D eigenvalue weighted by Gasteiger charge is -2.40. The first-order chi connectivity index (χ1) is 16.2. The molecule has 0 saturated carbocycles. The molecule has 2 saturated heterocycles. The van der Waals surface area contributed by atoms with Gasteiger partial charge in [0.15, 0.2) is 5.82 Å². The predicted octanol–water partition coefficient (Wildman–Crippen LogP) is 4.36. The van der Waals surface area contributed by atoms with Crippen LogP contribution in [0.4, 0.5) is 11.5 Å². The van der Waals surface area contributed by atoms with Crippen molar-refractivity contribution in [2.24, 2.45) is 5.92 Å². The molecule has 0 N–H and O–H groups in total. The molecule has 0 spiro atoms. The van der Waals surface area contributed by atoms with Crippen molar-refractivity contribution in [3.05, 3.63) is 71.8 Å². The van der Waals surface area contributed by atoms with Crippen molar-refractivity contribution in [2.45, 2.75) is 12.8 Å². The molecule has 170 valence electrons. The summed E-state index contributed by atoms with van der Waals surface area (Å²) in [6.45, 7) is 4.92. The van der Waals surface area contributed by atoms with Gasteiger partial charge in [0.25, 0.3) is 0 Å². The average molecular weight is 462 g/mol. The minimum absolute atomic E-state index is 0.0137. The van der Waals surface area contributed by atoms with Gasteiger partial charge in [0.2, 0.25) is 5.91 Å². The van der Waals surface area contributed by atoms with Crippen molar-refractivity contribution in [1.29, 1.82) is 0 Å². The van der Waals surface area contributed by atoms with E-state index in [-0.39, 0.29) is 11.8 Å². The zero-order valence-electron chi connectivity index (χ0n) is 18.6. The third-order valence-corrected chi connectivity index (χ3v) is 6.85. The zero-order valence-corrected chi connectivity index (χ0v) is 19.4. The van der Waals surface area contributed by atoms with Gasteiger partial charge in [-0.05, 0) is 49.2 Å². The maximum atomic E-state index is 13.3. The van der Waals surface area contributed by atoms with Crippen LogP contribution in [0.2, 0.25) is 5.02 Å². The van der Waals surface area contributed by atoms with Gasteiger partial charge in [-0.2, -0.15) is 0 Å². The molecule has 0 radical (unpaired) electrons. The Morgan fingerprint density at radius 3 is 2.27 bits per heavy atom. The largest absolute Gasteiger partial charge is 0.368 e. The van der Waals surface area contributed by atoms with Crippen molar-refractivity contribution in [1.82, 2.24) is 15.1 Å². The Bertz CT molecular complexity index is 1070. The van der Waals surface area contributed by atoms with Gasteiger partial charge in [-0.25, -0.2) is 0 Å². The topological polar surface area (TPSA) is 52.6 Å². The fraction of sp³-hybridized carbons (Fsp3) is 0.346. The van der Waals surface area contributed by atoms with Crippen LogP contribution in [0.3, 0.4) is 0 Å². The number of para-hydroxylation sites is 1. The molecule has 2 aromatic carbocycles. The lowest BCUT2D eigenvalue weighted by Crippen LogP contribution is -2.52. The normalized spacial score (nSPS) is 18.9. The minimum Gasteiger partial charge on any atom is -0.368 e. The molecule has 1 unspecified atom stereocenters. The summed E-state index contributed by atoms with van der Waals surface area (Å²) in [6.07, 6.45) is 1.92. The third kappa shape index (κ3) is 4.96. The minimum atomic E-state index is 0.0137. The number of carbonyl (C=O) groups excluding carboxylic acids is 1. The van der Waals surface area contributed by atoms with Crippen LogP contribution in [0, 0.1) is 5.92 Å². The molecule has 1 amide bonds. The van der Waals surface area contributed by atoms with E-state index in [1.807, 2.05) is 47.4 Å². The van der Waals surface area contributed by atoms with E-state index in [2.05, 4.69) is 44.3 Å². The summed E-state index contributed by atoms with van der Waals surface area (Å²) in [5.41, 5.74) is 3.03. The number of halogens is 1. The van der Waals surface area contributed by atoms with Crippen molar-refractivity contribution < 1.29 is 4.79 Å². The molecule has 1 atom stereocenters. The Hall–Kier alpha value is -3.12. The molecular weight excluding hydrogens is 434 g/mol. The third-order valence-electron chi connectivity index (χ3n) is 6.60. The van der Waals surface area contributed by atoms with Crippen LogP contribution in [-0.4, -0.2) is 60.3 Å². The Labute approximate surface area is 199 Å². The van der Waals surface area contributed by atoms with E-state index < -0.39 is 0 Å². The molecule has 3 heterocycles. The number of rotatable bonds is 4. The summed E-state index contributed by atoms with van der Waals surface area (Å²) < 4.78 is 0. The monoisotopic (exact) mass is 461 g/mol. The first-order valence-corrected chi connectivity index (χ1v) is 12.0. The lowest BCUT2D eigenvalue weighted by atomic mass is 9.96. The maximum absolute atomic E-state index is 13.3. The van der Waals surface area contributed by atoms with Gasteiger partial charge in [0.1, 0.15) is 0 Å². The van der Waals surface area contributed by atoms with Crippen LogP contribution >= 0.6 is 11.6 Å². The molecule has 33 heavy (non-hydrogen) atoms. The van der Waals surface area contributed by atoms with E-state index in [4.69, 9.17) is 11.6 Å². The van der Waals surface area contributed by atoms with E-state index in [0.29, 0.717) is 11.6 Å². The first kappa shape index (κ1) is 21.7. The molecular formula is C26H28ClN5O. The van der Waals surface area contributed by atoms with Crippen molar-refractivity contribution in [3.63, 3.8) is 0 Å². The fourth-order valence-corrected chi connectivity index (χ4v) is 4.86. The van der Waals surface area contributed by atoms with Crippen LogP contribution in [0.1, 0.15) is 12.8 Å². The van der Waals surface area contributed by atoms with Gasteiger partial charge in [0.05, 0.1) is 11.6 Å². The molecule has 0 aliphatic carbocycles. The van der Waals surface area contributed by atoms with E-state index in [0.717, 1.165) is 62.6 Å². The highest BCUT2D eigenvalue weighted by atomic mass is 35.5. The number of benzene rings is 2. The van der Waals surface area contributed by atoms with Crippen LogP contribution in [0.25, 0.3) is 11.3 Å². The number of hydrogen-bond acceptors (Lipinski definition) is 5. The molecule has 6 nitrogen and oxygen atoms in total. The van der Waals surface area contributed by atoms with E-state index >= 15 is 0 Å². The zero-order chi connectivity index (χ0) is 22.6. The van der Waals surface area contributed by atoms with Crippen LogP contribution < -0.4 is 9.80 Å². The molecule has 7 heteroatoms. The van der Waals surface area contributed by atoms with Gasteiger partial charge in [0, 0.05) is 55.5 Å². The number of nitrogens with zero attached hydrogens (tertiary/aromatic N) is 5. The summed E-state index contributed by atoms with van der Waals surface area (Å²) >= 11 is 5.98. The summed E-state index contributed by atoms with van der Waals surface area (Å²) in [5.74, 6) is 1.12. The highest BCUT2D eigenvalue weighted by Crippen LogP contribution is 2.26. The van der Waals surface area contributed by atoms with Gasteiger partial charge in [-0.1, -0.05) is 41.9 Å². The number of aromatic nitrogens is 2. The second-order valence-electron chi connectivity index (χ2n) is 8.72. The Morgan fingerprint density at radius 2 is 1.58 bits per heavy atom. The van der Waals surface area contributed by atoms with Gasteiger partial charge in [-0.3, -0.25) is 4.79 Å². The number of piperidine rings is 1. The highest BCUT2D eigenvalue weighted by molar-refractivity contribution is 6.30. The molecule has 2 aliphatic heterocycles. The Morgan fingerprint density at radius 1 is 0.818 bits per heavy atom. The number of hydrogen-bond donors (Lipinski definition) is 0. The van der Waals surface area contributed by atoms with Crippen LogP contribution in [0.5, 0.6) is 0 Å². The van der Waals surface area contributed by atoms with Crippen LogP contribution in [0.15, 0.2) is 66.7 Å². The summed E-state index contributed by atoms with van der Waals surface area (Å²) in [6, 6.07) is 22.0. The first-order valence-electron chi connectivity index (χ1n) is 11.6. The second-order valence-corrected chi connectivity index (χ2v) is 9.15. The number of carbonyl (C=O) groups is 1. The standard InChI is InChI=1S/C26H28ClN5O/c27-22-10-8-20(9-11-22)24-12-13-25(29-28-24)32-14-4-5-21(19-32)26(33)31-17-15-30(16-18-31)23-6-2-1-3-7-23/h1-3,6-13,21H,4-5,14-19H2. The van der Waals surface area contributed by atoms with Crippen molar-refractivity contribution >= 4 is 29.0 Å². The molecule has 3 aromatic rings. The van der Waals surface area contributed by atoms with E-state index in [1.54, 1.807) is 0 Å². The number of anilines is 2. The summed E-state index contributed by atoms with van der Waals surface area (Å²) in [4.78, 5) is 19.9. The van der Waals surface area contributed by atoms with Gasteiger partial charge < -0.3 is 14.7 Å². The average Bonchev–Trinajstić information content (AvgIpc) is 2.89. The smallest absolute Gasteiger partial charge is 0.227 e. The quantitative estimate of drug-likeness (QED) is 0.577. The Kier molecular flexibility index (Phi) is 6.44. The highest BCUT2D eigenvalue weighted by Gasteiger charge is 2.31. The number of amides is 1. The van der Waals surface area contributed by atoms with Crippen molar-refractivity contribution in [3.8, 4) is 11.3 Å². The van der Waals surface area contributed by atoms with E-state index in [9.17, 15) is 4.79 Å². The molecule has 0 bridgehead atoms. The lowest BCUT2D eigenvalue weighted by molar-refractivity contribution is -0.136. The molecule has 1 aromatic heterocycles. The van der Waals surface area contributed by atoms with E-state index in [1.165, 1.54) is 5.69 Å². The fourth-order valence-electron chi connectivity index (χ4n) is 4.74. The van der Waals surface area contributed by atoms with Gasteiger partial charge in [-0.15, -0.1) is 10.2 Å².